The van der Waals surface area contributed by atoms with E-state index in [2.05, 4.69) is 19.9 Å². The minimum absolute atomic E-state index is 0.112. The van der Waals surface area contributed by atoms with Gasteiger partial charge in [0.1, 0.15) is 11.3 Å². The Bertz CT molecular complexity index is 1220. The molecule has 0 spiro atoms. The van der Waals surface area contributed by atoms with Gasteiger partial charge in [-0.15, -0.1) is 0 Å². The minimum Gasteiger partial charge on any atom is -0.333 e. The van der Waals surface area contributed by atoms with Crippen molar-refractivity contribution in [2.75, 3.05) is 0 Å². The SMILES string of the molecule is Cn1cc(C(F)(F)F)nc1-c1ccc(Cn2c(=S)[nH]c3cnc(Cl)nc32)cc1. The quantitative estimate of drug-likeness (QED) is 0.385. The molecule has 0 saturated heterocycles. The minimum atomic E-state index is -4.48. The fourth-order valence-corrected chi connectivity index (χ4v) is 3.27. The van der Waals surface area contributed by atoms with E-state index in [1.54, 1.807) is 35.0 Å². The van der Waals surface area contributed by atoms with Crippen LogP contribution < -0.4 is 0 Å². The van der Waals surface area contributed by atoms with Gasteiger partial charge < -0.3 is 9.55 Å². The number of nitrogens with one attached hydrogen (secondary N) is 1. The molecule has 28 heavy (non-hydrogen) atoms. The molecule has 0 amide bonds. The maximum Gasteiger partial charge on any atom is 0.434 e. The number of H-pyrrole nitrogens is 1. The Labute approximate surface area is 166 Å². The van der Waals surface area contributed by atoms with Crippen molar-refractivity contribution in [2.45, 2.75) is 12.7 Å². The summed E-state index contributed by atoms with van der Waals surface area (Å²) in [7, 11) is 1.53. The van der Waals surface area contributed by atoms with E-state index < -0.39 is 11.9 Å². The number of aromatic amines is 1. The van der Waals surface area contributed by atoms with Crippen LogP contribution in [0.5, 0.6) is 0 Å². The highest BCUT2D eigenvalue weighted by Gasteiger charge is 2.34. The molecule has 144 valence electrons. The maximum absolute atomic E-state index is 12.9. The molecular weight excluding hydrogens is 413 g/mol. The van der Waals surface area contributed by atoms with Crippen LogP contribution in [0, 0.1) is 4.77 Å². The van der Waals surface area contributed by atoms with Gasteiger partial charge in [0.2, 0.25) is 5.28 Å². The third kappa shape index (κ3) is 3.40. The molecule has 0 radical (unpaired) electrons. The number of halogens is 4. The summed E-state index contributed by atoms with van der Waals surface area (Å²) in [6, 6.07) is 7.05. The number of imidazole rings is 2. The van der Waals surface area contributed by atoms with E-state index in [0.29, 0.717) is 28.0 Å². The van der Waals surface area contributed by atoms with Crippen LogP contribution in [-0.2, 0) is 19.8 Å². The number of fused-ring (bicyclic) bond motifs is 1. The number of rotatable bonds is 3. The summed E-state index contributed by atoms with van der Waals surface area (Å²) < 4.78 is 42.2. The zero-order chi connectivity index (χ0) is 20.1. The number of nitrogens with zero attached hydrogens (tertiary/aromatic N) is 5. The molecular formula is C17H12ClF3N6S. The highest BCUT2D eigenvalue weighted by Crippen LogP contribution is 2.30. The summed E-state index contributed by atoms with van der Waals surface area (Å²) >= 11 is 11.2. The van der Waals surface area contributed by atoms with Crippen LogP contribution >= 0.6 is 23.8 Å². The summed E-state index contributed by atoms with van der Waals surface area (Å²) in [5, 5.41) is 0.112. The highest BCUT2D eigenvalue weighted by atomic mass is 35.5. The predicted octanol–water partition coefficient (Wildman–Crippen LogP) is 4.61. The van der Waals surface area contributed by atoms with Gasteiger partial charge in [-0.25, -0.2) is 9.97 Å². The number of aryl methyl sites for hydroxylation is 1. The lowest BCUT2D eigenvalue weighted by Crippen LogP contribution is -2.04. The molecule has 0 aliphatic rings. The Morgan fingerprint density at radius 1 is 1.18 bits per heavy atom. The van der Waals surface area contributed by atoms with Crippen LogP contribution in [0.3, 0.4) is 0 Å². The van der Waals surface area contributed by atoms with E-state index in [4.69, 9.17) is 23.8 Å². The molecule has 4 aromatic rings. The van der Waals surface area contributed by atoms with E-state index in [-0.39, 0.29) is 11.1 Å². The van der Waals surface area contributed by atoms with Crippen LogP contribution in [0.1, 0.15) is 11.3 Å². The second-order valence-electron chi connectivity index (χ2n) is 6.15. The van der Waals surface area contributed by atoms with Crippen molar-refractivity contribution >= 4 is 35.0 Å². The summed E-state index contributed by atoms with van der Waals surface area (Å²) in [6.45, 7) is 0.417. The summed E-state index contributed by atoms with van der Waals surface area (Å²) in [5.41, 5.74) is 1.79. The average molecular weight is 425 g/mol. The molecule has 3 aromatic heterocycles. The first kappa shape index (κ1) is 18.6. The summed E-state index contributed by atoms with van der Waals surface area (Å²) in [6.07, 6.45) is -1.96. The Morgan fingerprint density at radius 2 is 1.89 bits per heavy atom. The van der Waals surface area contributed by atoms with E-state index in [1.807, 2.05) is 0 Å². The fraction of sp³-hybridized carbons (Fsp3) is 0.176. The number of hydrogen-bond acceptors (Lipinski definition) is 4. The van der Waals surface area contributed by atoms with Crippen molar-refractivity contribution in [3.05, 3.63) is 58.0 Å². The van der Waals surface area contributed by atoms with Crippen LogP contribution in [0.2, 0.25) is 5.28 Å². The molecule has 6 nitrogen and oxygen atoms in total. The highest BCUT2D eigenvalue weighted by molar-refractivity contribution is 7.71. The van der Waals surface area contributed by atoms with Gasteiger partial charge in [-0.1, -0.05) is 24.3 Å². The standard InChI is InChI=1S/C17H12ClF3N6S/c1-26-8-12(17(19,20)21)24-13(26)10-4-2-9(3-5-10)7-27-14-11(23-16(27)28)6-22-15(18)25-14/h2-6,8H,7H2,1H3,(H,23,28). The van der Waals surface area contributed by atoms with Gasteiger partial charge in [0.15, 0.2) is 16.1 Å². The predicted molar refractivity (Wildman–Crippen MR) is 100 cm³/mol. The van der Waals surface area contributed by atoms with Crippen molar-refractivity contribution in [1.82, 2.24) is 29.1 Å². The molecule has 0 bridgehead atoms. The lowest BCUT2D eigenvalue weighted by atomic mass is 10.1. The van der Waals surface area contributed by atoms with Crippen LogP contribution in [0.25, 0.3) is 22.6 Å². The van der Waals surface area contributed by atoms with Crippen LogP contribution in [-0.4, -0.2) is 29.1 Å². The molecule has 1 aromatic carbocycles. The largest absolute Gasteiger partial charge is 0.434 e. The first-order valence-electron chi connectivity index (χ1n) is 8.03. The first-order valence-corrected chi connectivity index (χ1v) is 8.82. The normalized spacial score (nSPS) is 12.0. The number of alkyl halides is 3. The molecule has 0 aliphatic heterocycles. The zero-order valence-electron chi connectivity index (χ0n) is 14.3. The van der Waals surface area contributed by atoms with Gasteiger partial charge in [0.25, 0.3) is 0 Å². The topological polar surface area (TPSA) is 64.3 Å². The third-order valence-corrected chi connectivity index (χ3v) is 4.71. The second-order valence-corrected chi connectivity index (χ2v) is 6.87. The zero-order valence-corrected chi connectivity index (χ0v) is 15.9. The smallest absolute Gasteiger partial charge is 0.333 e. The molecule has 0 fully saturated rings. The van der Waals surface area contributed by atoms with Gasteiger partial charge in [-0.3, -0.25) is 4.57 Å². The van der Waals surface area contributed by atoms with Crippen molar-refractivity contribution < 1.29 is 13.2 Å². The maximum atomic E-state index is 12.9. The van der Waals surface area contributed by atoms with Crippen molar-refractivity contribution in [1.29, 1.82) is 0 Å². The average Bonchev–Trinajstić information content (AvgIpc) is 3.16. The fourth-order valence-electron chi connectivity index (χ4n) is 2.88. The van der Waals surface area contributed by atoms with E-state index in [0.717, 1.165) is 11.8 Å². The molecule has 0 unspecified atom stereocenters. The molecule has 0 aliphatic carbocycles. The number of hydrogen-bond donors (Lipinski definition) is 1. The van der Waals surface area contributed by atoms with Gasteiger partial charge in [0.05, 0.1) is 12.7 Å². The van der Waals surface area contributed by atoms with E-state index >= 15 is 0 Å². The summed E-state index contributed by atoms with van der Waals surface area (Å²) in [4.78, 5) is 14.8. The van der Waals surface area contributed by atoms with Gasteiger partial charge in [-0.05, 0) is 29.4 Å². The Balaban J connectivity index is 1.65. The molecule has 1 N–H and O–H groups in total. The third-order valence-electron chi connectivity index (χ3n) is 4.20. The molecule has 4 rings (SSSR count). The monoisotopic (exact) mass is 424 g/mol. The Hall–Kier alpha value is -2.72. The van der Waals surface area contributed by atoms with Crippen molar-refractivity contribution in [2.24, 2.45) is 7.05 Å². The van der Waals surface area contributed by atoms with E-state index in [1.165, 1.54) is 11.6 Å². The van der Waals surface area contributed by atoms with E-state index in [9.17, 15) is 13.2 Å². The van der Waals surface area contributed by atoms with Gasteiger partial charge >= 0.3 is 6.18 Å². The Kier molecular flexibility index (Phi) is 4.47. The van der Waals surface area contributed by atoms with Crippen molar-refractivity contribution in [3.8, 4) is 11.4 Å². The van der Waals surface area contributed by atoms with Gasteiger partial charge in [-0.2, -0.15) is 18.2 Å². The molecule has 0 atom stereocenters. The Morgan fingerprint density at radius 3 is 2.54 bits per heavy atom. The first-order chi connectivity index (χ1) is 13.2. The van der Waals surface area contributed by atoms with Crippen LogP contribution in [0.4, 0.5) is 13.2 Å². The second kappa shape index (κ2) is 6.71. The lowest BCUT2D eigenvalue weighted by molar-refractivity contribution is -0.140. The summed E-state index contributed by atoms with van der Waals surface area (Å²) in [5.74, 6) is 0.238. The molecule has 3 heterocycles. The van der Waals surface area contributed by atoms with Crippen molar-refractivity contribution in [3.63, 3.8) is 0 Å². The lowest BCUT2D eigenvalue weighted by Gasteiger charge is -2.06. The molecule has 11 heteroatoms. The van der Waals surface area contributed by atoms with Crippen LogP contribution in [0.15, 0.2) is 36.7 Å². The molecule has 0 saturated carbocycles. The number of aromatic nitrogens is 6. The number of benzene rings is 1. The van der Waals surface area contributed by atoms with Gasteiger partial charge in [0, 0.05) is 18.8 Å².